The van der Waals surface area contributed by atoms with E-state index < -0.39 is 20.0 Å². The number of hydrogen-bond acceptors (Lipinski definition) is 5. The average Bonchev–Trinajstić information content (AvgIpc) is 3.24. The lowest BCUT2D eigenvalue weighted by atomic mass is 10.0. The molecule has 0 bridgehead atoms. The van der Waals surface area contributed by atoms with E-state index in [9.17, 15) is 19.4 Å². The Kier molecular flexibility index (Phi) is 44.5. The van der Waals surface area contributed by atoms with Crippen LogP contribution in [0.5, 0.6) is 0 Å². The number of allylic oxidation sites excluding steroid dienone is 7. The van der Waals surface area contributed by atoms with E-state index in [0.717, 1.165) is 57.8 Å². The van der Waals surface area contributed by atoms with Gasteiger partial charge < -0.3 is 19.8 Å². The van der Waals surface area contributed by atoms with Crippen LogP contribution in [0.15, 0.2) is 48.6 Å². The molecule has 8 nitrogen and oxygen atoms in total. The molecule has 0 aliphatic rings. The summed E-state index contributed by atoms with van der Waals surface area (Å²) in [5, 5.41) is 13.9. The third-order valence-electron chi connectivity index (χ3n) is 11.7. The highest BCUT2D eigenvalue weighted by molar-refractivity contribution is 7.47. The van der Waals surface area contributed by atoms with Crippen molar-refractivity contribution in [2.45, 2.75) is 251 Å². The van der Waals surface area contributed by atoms with Crippen molar-refractivity contribution in [1.82, 2.24) is 5.32 Å². The van der Waals surface area contributed by atoms with Crippen molar-refractivity contribution in [1.29, 1.82) is 0 Å². The minimum atomic E-state index is -4.36. The van der Waals surface area contributed by atoms with Crippen molar-refractivity contribution in [3.05, 3.63) is 48.6 Å². The number of aliphatic hydroxyl groups is 1. The van der Waals surface area contributed by atoms with Gasteiger partial charge in [-0.15, -0.1) is 0 Å². The number of phosphoric acid groups is 1. The Bertz CT molecular complexity index is 1170. The van der Waals surface area contributed by atoms with Gasteiger partial charge in [0.05, 0.1) is 39.9 Å². The Morgan fingerprint density at radius 3 is 1.27 bits per heavy atom. The third kappa shape index (κ3) is 48.2. The monoisotopic (exact) mass is 908 g/mol. The fourth-order valence-electron chi connectivity index (χ4n) is 7.54. The highest BCUT2D eigenvalue weighted by Crippen LogP contribution is 2.43. The SMILES string of the molecule is CCCCCCCCC/C=C\CCCCCCCC(=O)NC(COP(=O)(O)OCC[N+](C)(C)C)C(O)/C=C/CC/C=C/CC/C=C/CCCCCCCCCCCCCCCCC. The van der Waals surface area contributed by atoms with E-state index in [4.69, 9.17) is 9.05 Å². The van der Waals surface area contributed by atoms with Crippen LogP contribution in [0.2, 0.25) is 0 Å². The Labute approximate surface area is 390 Å². The van der Waals surface area contributed by atoms with E-state index in [-0.39, 0.29) is 19.1 Å². The smallest absolute Gasteiger partial charge is 0.387 e. The van der Waals surface area contributed by atoms with Crippen LogP contribution in [0.3, 0.4) is 0 Å². The molecule has 0 radical (unpaired) electrons. The predicted molar refractivity (Wildman–Crippen MR) is 272 cm³/mol. The third-order valence-corrected chi connectivity index (χ3v) is 12.7. The van der Waals surface area contributed by atoms with Crippen LogP contribution >= 0.6 is 7.82 Å². The van der Waals surface area contributed by atoms with Crippen molar-refractivity contribution < 1.29 is 32.9 Å². The first-order valence-corrected chi connectivity index (χ1v) is 28.0. The molecule has 0 aliphatic heterocycles. The van der Waals surface area contributed by atoms with Crippen molar-refractivity contribution >= 4 is 13.7 Å². The van der Waals surface area contributed by atoms with E-state index in [2.05, 4.69) is 55.6 Å². The second-order valence-electron chi connectivity index (χ2n) is 19.2. The number of amides is 1. The maximum Gasteiger partial charge on any atom is 0.472 e. The topological polar surface area (TPSA) is 105 Å². The van der Waals surface area contributed by atoms with Crippen molar-refractivity contribution in [3.8, 4) is 0 Å². The number of carbonyl (C=O) groups excluding carboxylic acids is 1. The number of likely N-dealkylation sites (N-methyl/N-ethyl adjacent to an activating group) is 1. The molecule has 0 heterocycles. The van der Waals surface area contributed by atoms with Gasteiger partial charge in [0, 0.05) is 6.42 Å². The van der Waals surface area contributed by atoms with Gasteiger partial charge in [-0.1, -0.05) is 210 Å². The lowest BCUT2D eigenvalue weighted by Crippen LogP contribution is -2.45. The Morgan fingerprint density at radius 1 is 0.524 bits per heavy atom. The summed E-state index contributed by atoms with van der Waals surface area (Å²) in [5.74, 6) is -0.199. The summed E-state index contributed by atoms with van der Waals surface area (Å²) in [4.78, 5) is 23.2. The van der Waals surface area contributed by atoms with Crippen LogP contribution in [-0.4, -0.2) is 73.4 Å². The van der Waals surface area contributed by atoms with Gasteiger partial charge in [-0.05, 0) is 70.6 Å². The van der Waals surface area contributed by atoms with Crippen LogP contribution in [0.25, 0.3) is 0 Å². The molecule has 0 spiro atoms. The summed E-state index contributed by atoms with van der Waals surface area (Å²) >= 11 is 0. The Hall–Kier alpha value is -1.54. The van der Waals surface area contributed by atoms with Gasteiger partial charge in [-0.3, -0.25) is 13.8 Å². The van der Waals surface area contributed by atoms with Crippen LogP contribution in [0.1, 0.15) is 239 Å². The number of phosphoric ester groups is 1. The molecule has 0 aromatic heterocycles. The summed E-state index contributed by atoms with van der Waals surface area (Å²) in [5.41, 5.74) is 0. The maximum absolute atomic E-state index is 12.9. The molecule has 63 heavy (non-hydrogen) atoms. The second-order valence-corrected chi connectivity index (χ2v) is 20.7. The second kappa shape index (κ2) is 45.6. The molecule has 3 unspecified atom stereocenters. The number of rotatable bonds is 48. The van der Waals surface area contributed by atoms with Gasteiger partial charge in [0.15, 0.2) is 0 Å². The Morgan fingerprint density at radius 2 is 0.873 bits per heavy atom. The molecule has 9 heteroatoms. The molecular weight excluding hydrogens is 804 g/mol. The molecule has 0 rings (SSSR count). The van der Waals surface area contributed by atoms with Gasteiger partial charge in [-0.25, -0.2) is 4.57 Å². The first kappa shape index (κ1) is 61.5. The minimum Gasteiger partial charge on any atom is -0.387 e. The molecule has 0 aromatic rings. The van der Waals surface area contributed by atoms with E-state index in [1.165, 1.54) is 161 Å². The molecule has 0 aromatic carbocycles. The summed E-state index contributed by atoms with van der Waals surface area (Å²) in [6.07, 6.45) is 59.2. The maximum atomic E-state index is 12.9. The van der Waals surface area contributed by atoms with Gasteiger partial charge in [0.25, 0.3) is 0 Å². The van der Waals surface area contributed by atoms with Crippen molar-refractivity contribution in [2.24, 2.45) is 0 Å². The van der Waals surface area contributed by atoms with Gasteiger partial charge in [0.2, 0.25) is 5.91 Å². The zero-order chi connectivity index (χ0) is 46.4. The molecule has 1 amide bonds. The van der Waals surface area contributed by atoms with E-state index >= 15 is 0 Å². The lowest BCUT2D eigenvalue weighted by molar-refractivity contribution is -0.870. The summed E-state index contributed by atoms with van der Waals surface area (Å²) in [6.45, 7) is 4.79. The fraction of sp³-hybridized carbons (Fsp3) is 0.833. The summed E-state index contributed by atoms with van der Waals surface area (Å²) < 4.78 is 23.6. The highest BCUT2D eigenvalue weighted by Gasteiger charge is 2.27. The number of carbonyl (C=O) groups is 1. The first-order chi connectivity index (χ1) is 30.5. The molecule has 3 atom stereocenters. The number of unbranched alkanes of at least 4 members (excludes halogenated alkanes) is 29. The van der Waals surface area contributed by atoms with Crippen molar-refractivity contribution in [2.75, 3.05) is 40.9 Å². The fourth-order valence-corrected chi connectivity index (χ4v) is 8.27. The quantitative estimate of drug-likeness (QED) is 0.0243. The molecule has 0 saturated heterocycles. The minimum absolute atomic E-state index is 0.0513. The molecular formula is C54H104N2O6P+. The van der Waals surface area contributed by atoms with Crippen LogP contribution in [0, 0.1) is 0 Å². The van der Waals surface area contributed by atoms with Crippen LogP contribution in [-0.2, 0) is 18.4 Å². The number of nitrogens with zero attached hydrogens (tertiary/aromatic N) is 1. The molecule has 3 N–H and O–H groups in total. The number of aliphatic hydroxyl groups excluding tert-OH is 1. The van der Waals surface area contributed by atoms with Crippen LogP contribution < -0.4 is 5.32 Å². The number of quaternary nitrogens is 1. The van der Waals surface area contributed by atoms with E-state index in [0.29, 0.717) is 17.4 Å². The molecule has 0 saturated carbocycles. The predicted octanol–water partition coefficient (Wildman–Crippen LogP) is 15.6. The Balaban J connectivity index is 4.35. The number of hydrogen-bond donors (Lipinski definition) is 3. The average molecular weight is 908 g/mol. The first-order valence-electron chi connectivity index (χ1n) is 26.5. The lowest BCUT2D eigenvalue weighted by Gasteiger charge is -2.25. The zero-order valence-corrected chi connectivity index (χ0v) is 43.0. The number of nitrogens with one attached hydrogen (secondary N) is 1. The van der Waals surface area contributed by atoms with Gasteiger partial charge >= 0.3 is 7.82 Å². The largest absolute Gasteiger partial charge is 0.472 e. The molecule has 0 fully saturated rings. The summed E-state index contributed by atoms with van der Waals surface area (Å²) in [7, 11) is 1.54. The van der Waals surface area contributed by atoms with Gasteiger partial charge in [-0.2, -0.15) is 0 Å². The van der Waals surface area contributed by atoms with Crippen LogP contribution in [0.4, 0.5) is 0 Å². The standard InChI is InChI=1S/C54H103N2O6P/c1-6-8-10-12-14-16-18-20-22-24-25-26-27-28-29-30-31-32-33-35-37-39-41-43-45-47-53(57)52(51-62-63(59,60)61-50-49-56(3,4)5)55-54(58)48-46-44-42-40-38-36-34-23-21-19-17-15-13-11-9-7-2/h23,31-32,34,37,39,45,47,52-53,57H,6-22,24-30,33,35-36,38,40-44,46,48-51H2,1-5H3,(H-,55,58,59,60)/p+1/b32-31+,34-23-,39-37+,47-45+. The van der Waals surface area contributed by atoms with Gasteiger partial charge in [0.1, 0.15) is 13.2 Å². The van der Waals surface area contributed by atoms with E-state index in [1.807, 2.05) is 27.2 Å². The van der Waals surface area contributed by atoms with Crippen molar-refractivity contribution in [3.63, 3.8) is 0 Å². The summed E-state index contributed by atoms with van der Waals surface area (Å²) in [6, 6.07) is -0.874. The highest BCUT2D eigenvalue weighted by atomic mass is 31.2. The normalized spacial score (nSPS) is 14.5. The molecule has 0 aliphatic carbocycles. The molecule has 370 valence electrons. The van der Waals surface area contributed by atoms with E-state index in [1.54, 1.807) is 6.08 Å². The zero-order valence-electron chi connectivity index (χ0n) is 42.1.